The van der Waals surface area contributed by atoms with Crippen molar-refractivity contribution in [3.05, 3.63) is 53.9 Å². The number of carbonyl (C=O) groups is 1. The number of rotatable bonds is 7. The number of benzene rings is 1. The van der Waals surface area contributed by atoms with Gasteiger partial charge in [0.15, 0.2) is 0 Å². The number of aromatic nitrogens is 2. The lowest BCUT2D eigenvalue weighted by atomic mass is 9.92. The predicted molar refractivity (Wildman–Crippen MR) is 94.9 cm³/mol. The number of hydrogen-bond acceptors (Lipinski definition) is 3. The van der Waals surface area contributed by atoms with Crippen LogP contribution in [-0.4, -0.2) is 27.8 Å². The van der Waals surface area contributed by atoms with Crippen molar-refractivity contribution in [2.75, 3.05) is 6.54 Å². The molecule has 2 rings (SSSR count). The summed E-state index contributed by atoms with van der Waals surface area (Å²) in [6, 6.07) is 10.0. The minimum Gasteiger partial charge on any atom is -0.345 e. The van der Waals surface area contributed by atoms with Crippen LogP contribution in [0, 0.1) is 0 Å². The molecule has 0 unspecified atom stereocenters. The van der Waals surface area contributed by atoms with Crippen molar-refractivity contribution in [2.45, 2.75) is 38.8 Å². The largest absolute Gasteiger partial charge is 0.345 e. The van der Waals surface area contributed by atoms with Gasteiger partial charge < -0.3 is 11.1 Å². The lowest BCUT2D eigenvalue weighted by molar-refractivity contribution is 0.0895. The standard InChI is InChI=1S/C17H24N4O.ClH/c1-3-17(4-2,13-18)20-16(22)15-10-19-21(12-15)11-14-8-6-5-7-9-14;/h5-10,12H,3-4,11,13,18H2,1-2H3,(H,20,22);1H. The normalized spacial score (nSPS) is 10.9. The molecule has 0 atom stereocenters. The van der Waals surface area contributed by atoms with Gasteiger partial charge in [-0.05, 0) is 18.4 Å². The maximum atomic E-state index is 12.4. The molecule has 0 radical (unpaired) electrons. The Bertz CT molecular complexity index is 600. The molecule has 2 aromatic rings. The molecule has 0 saturated heterocycles. The van der Waals surface area contributed by atoms with Crippen molar-refractivity contribution < 1.29 is 4.79 Å². The Labute approximate surface area is 143 Å². The van der Waals surface area contributed by atoms with Gasteiger partial charge in [-0.1, -0.05) is 44.2 Å². The van der Waals surface area contributed by atoms with Gasteiger partial charge >= 0.3 is 0 Å². The number of nitrogens with zero attached hydrogens (tertiary/aromatic N) is 2. The van der Waals surface area contributed by atoms with Gasteiger partial charge in [0, 0.05) is 12.7 Å². The van der Waals surface area contributed by atoms with Gasteiger partial charge in [0.05, 0.1) is 23.8 Å². The molecular formula is C17H25ClN4O. The predicted octanol–water partition coefficient (Wildman–Crippen LogP) is 2.60. The highest BCUT2D eigenvalue weighted by Crippen LogP contribution is 2.14. The zero-order chi connectivity index (χ0) is 16.0. The molecular weight excluding hydrogens is 312 g/mol. The van der Waals surface area contributed by atoms with Crippen LogP contribution in [0.25, 0.3) is 0 Å². The number of hydrogen-bond donors (Lipinski definition) is 2. The van der Waals surface area contributed by atoms with Crippen LogP contribution in [0.2, 0.25) is 0 Å². The minimum atomic E-state index is -0.335. The van der Waals surface area contributed by atoms with E-state index in [1.165, 1.54) is 0 Å². The molecule has 0 spiro atoms. The fourth-order valence-corrected chi connectivity index (χ4v) is 2.42. The lowest BCUT2D eigenvalue weighted by Crippen LogP contribution is -2.52. The molecule has 0 fully saturated rings. The highest BCUT2D eigenvalue weighted by Gasteiger charge is 2.27. The van der Waals surface area contributed by atoms with Crippen molar-refractivity contribution in [3.8, 4) is 0 Å². The molecule has 1 heterocycles. The van der Waals surface area contributed by atoms with Crippen LogP contribution in [0.4, 0.5) is 0 Å². The highest BCUT2D eigenvalue weighted by molar-refractivity contribution is 5.94. The van der Waals surface area contributed by atoms with Gasteiger partial charge in [0.2, 0.25) is 0 Å². The van der Waals surface area contributed by atoms with Crippen LogP contribution in [0.1, 0.15) is 42.6 Å². The molecule has 1 aromatic carbocycles. The Morgan fingerprint density at radius 2 is 1.91 bits per heavy atom. The van der Waals surface area contributed by atoms with Crippen LogP contribution in [0.5, 0.6) is 0 Å². The number of halogens is 1. The van der Waals surface area contributed by atoms with Crippen LogP contribution >= 0.6 is 12.4 Å². The molecule has 1 amide bonds. The molecule has 23 heavy (non-hydrogen) atoms. The Morgan fingerprint density at radius 1 is 1.26 bits per heavy atom. The minimum absolute atomic E-state index is 0. The molecule has 5 nitrogen and oxygen atoms in total. The molecule has 126 valence electrons. The number of nitrogens with two attached hydrogens (primary N) is 1. The summed E-state index contributed by atoms with van der Waals surface area (Å²) in [5.74, 6) is -0.117. The van der Waals surface area contributed by atoms with E-state index in [2.05, 4.69) is 10.4 Å². The lowest BCUT2D eigenvalue weighted by Gasteiger charge is -2.31. The number of amides is 1. The van der Waals surface area contributed by atoms with Crippen LogP contribution in [0.15, 0.2) is 42.7 Å². The fourth-order valence-electron chi connectivity index (χ4n) is 2.42. The Balaban J connectivity index is 0.00000264. The Hall–Kier alpha value is -1.85. The SMILES string of the molecule is CCC(CC)(CN)NC(=O)c1cnn(Cc2ccccc2)c1.Cl. The van der Waals surface area contributed by atoms with Gasteiger partial charge in [-0.15, -0.1) is 12.4 Å². The molecule has 0 aliphatic carbocycles. The summed E-state index contributed by atoms with van der Waals surface area (Å²) >= 11 is 0. The van der Waals surface area contributed by atoms with E-state index in [0.717, 1.165) is 18.4 Å². The van der Waals surface area contributed by atoms with E-state index in [-0.39, 0.29) is 23.9 Å². The molecule has 0 bridgehead atoms. The molecule has 0 aliphatic rings. The molecule has 0 saturated carbocycles. The van der Waals surface area contributed by atoms with Crippen molar-refractivity contribution in [3.63, 3.8) is 0 Å². The van der Waals surface area contributed by atoms with Crippen molar-refractivity contribution in [1.82, 2.24) is 15.1 Å². The third-order valence-corrected chi connectivity index (χ3v) is 4.21. The maximum absolute atomic E-state index is 12.4. The molecule has 1 aromatic heterocycles. The zero-order valence-corrected chi connectivity index (χ0v) is 14.5. The average Bonchev–Trinajstić information content (AvgIpc) is 3.02. The summed E-state index contributed by atoms with van der Waals surface area (Å²) in [4.78, 5) is 12.4. The smallest absolute Gasteiger partial charge is 0.254 e. The average molecular weight is 337 g/mol. The monoisotopic (exact) mass is 336 g/mol. The first-order valence-corrected chi connectivity index (χ1v) is 7.71. The van der Waals surface area contributed by atoms with Crippen molar-refractivity contribution in [2.24, 2.45) is 5.73 Å². The quantitative estimate of drug-likeness (QED) is 0.816. The molecule has 0 aliphatic heterocycles. The molecule has 3 N–H and O–H groups in total. The first kappa shape index (κ1) is 19.2. The number of nitrogens with one attached hydrogen (secondary N) is 1. The third-order valence-electron chi connectivity index (χ3n) is 4.21. The maximum Gasteiger partial charge on any atom is 0.254 e. The zero-order valence-electron chi connectivity index (χ0n) is 13.7. The first-order valence-electron chi connectivity index (χ1n) is 7.71. The Kier molecular flexibility index (Phi) is 7.26. The second-order valence-electron chi connectivity index (χ2n) is 5.56. The van der Waals surface area contributed by atoms with E-state index in [1.54, 1.807) is 17.1 Å². The topological polar surface area (TPSA) is 72.9 Å². The Morgan fingerprint density at radius 3 is 2.48 bits per heavy atom. The highest BCUT2D eigenvalue weighted by atomic mass is 35.5. The van der Waals surface area contributed by atoms with Crippen molar-refractivity contribution in [1.29, 1.82) is 0 Å². The summed E-state index contributed by atoms with van der Waals surface area (Å²) in [5.41, 5.74) is 7.21. The first-order chi connectivity index (χ1) is 10.6. The third kappa shape index (κ3) is 4.81. The van der Waals surface area contributed by atoms with Gasteiger partial charge in [-0.25, -0.2) is 0 Å². The van der Waals surface area contributed by atoms with Crippen molar-refractivity contribution >= 4 is 18.3 Å². The summed E-state index contributed by atoms with van der Waals surface area (Å²) in [6.07, 6.45) is 4.99. The second kappa shape index (κ2) is 8.70. The number of carbonyl (C=O) groups excluding carboxylic acids is 1. The fraction of sp³-hybridized carbons (Fsp3) is 0.412. The van der Waals surface area contributed by atoms with E-state index < -0.39 is 0 Å². The van der Waals surface area contributed by atoms with Gasteiger partial charge in [-0.3, -0.25) is 9.48 Å². The van der Waals surface area contributed by atoms with Gasteiger partial charge in [0.25, 0.3) is 5.91 Å². The van der Waals surface area contributed by atoms with Gasteiger partial charge in [-0.2, -0.15) is 5.10 Å². The van der Waals surface area contributed by atoms with E-state index in [1.807, 2.05) is 44.2 Å². The van der Waals surface area contributed by atoms with E-state index in [4.69, 9.17) is 5.73 Å². The summed E-state index contributed by atoms with van der Waals surface area (Å²) in [5, 5.41) is 7.32. The summed E-state index contributed by atoms with van der Waals surface area (Å²) < 4.78 is 1.77. The van der Waals surface area contributed by atoms with E-state index >= 15 is 0 Å². The second-order valence-corrected chi connectivity index (χ2v) is 5.56. The van der Waals surface area contributed by atoms with Crippen LogP contribution in [-0.2, 0) is 6.54 Å². The summed E-state index contributed by atoms with van der Waals surface area (Å²) in [6.45, 7) is 5.16. The summed E-state index contributed by atoms with van der Waals surface area (Å²) in [7, 11) is 0. The van der Waals surface area contributed by atoms with E-state index in [9.17, 15) is 4.79 Å². The van der Waals surface area contributed by atoms with Crippen LogP contribution < -0.4 is 11.1 Å². The van der Waals surface area contributed by atoms with Gasteiger partial charge in [0.1, 0.15) is 0 Å². The van der Waals surface area contributed by atoms with Crippen LogP contribution in [0.3, 0.4) is 0 Å². The molecule has 6 heteroatoms. The van der Waals surface area contributed by atoms with E-state index in [0.29, 0.717) is 18.7 Å².